The van der Waals surface area contributed by atoms with Gasteiger partial charge in [0.1, 0.15) is 0 Å². The van der Waals surface area contributed by atoms with Gasteiger partial charge in [0.2, 0.25) is 0 Å². The van der Waals surface area contributed by atoms with Crippen molar-refractivity contribution in [3.63, 3.8) is 0 Å². The summed E-state index contributed by atoms with van der Waals surface area (Å²) in [4.78, 5) is 2.04. The molecule has 1 atom stereocenters. The SMILES string of the molecule is Cc1ccc(C(F)(F)F)cc1N1CCNCC1C. The fourth-order valence-electron chi connectivity index (χ4n) is 2.29. The van der Waals surface area contributed by atoms with E-state index in [9.17, 15) is 13.2 Å². The van der Waals surface area contributed by atoms with Gasteiger partial charge in [-0.25, -0.2) is 0 Å². The Morgan fingerprint density at radius 1 is 1.33 bits per heavy atom. The van der Waals surface area contributed by atoms with Gasteiger partial charge < -0.3 is 10.2 Å². The van der Waals surface area contributed by atoms with Crippen molar-refractivity contribution in [2.45, 2.75) is 26.1 Å². The number of aryl methyl sites for hydroxylation is 1. The molecule has 1 saturated heterocycles. The summed E-state index contributed by atoms with van der Waals surface area (Å²) in [5.41, 5.74) is 1.00. The van der Waals surface area contributed by atoms with Crippen LogP contribution in [0.5, 0.6) is 0 Å². The predicted octanol–water partition coefficient (Wildman–Crippen LogP) is 2.81. The first kappa shape index (κ1) is 13.2. The highest BCUT2D eigenvalue weighted by Crippen LogP contribution is 2.34. The molecule has 0 aliphatic carbocycles. The molecule has 1 heterocycles. The smallest absolute Gasteiger partial charge is 0.366 e. The van der Waals surface area contributed by atoms with Crippen LogP contribution in [0.2, 0.25) is 0 Å². The molecule has 1 aliphatic heterocycles. The van der Waals surface area contributed by atoms with E-state index in [1.807, 2.05) is 18.7 Å². The van der Waals surface area contributed by atoms with Crippen molar-refractivity contribution in [1.29, 1.82) is 0 Å². The summed E-state index contributed by atoms with van der Waals surface area (Å²) in [6.07, 6.45) is -4.28. The van der Waals surface area contributed by atoms with Gasteiger partial charge in [0.25, 0.3) is 0 Å². The van der Waals surface area contributed by atoms with Crippen LogP contribution in [-0.2, 0) is 6.18 Å². The highest BCUT2D eigenvalue weighted by molar-refractivity contribution is 5.56. The lowest BCUT2D eigenvalue weighted by Crippen LogP contribution is -2.50. The summed E-state index contributed by atoms with van der Waals surface area (Å²) in [7, 11) is 0. The molecule has 1 fully saturated rings. The van der Waals surface area contributed by atoms with Gasteiger partial charge in [-0.1, -0.05) is 6.07 Å². The molecule has 1 N–H and O–H groups in total. The van der Waals surface area contributed by atoms with Gasteiger partial charge in [-0.15, -0.1) is 0 Å². The first-order valence-corrected chi connectivity index (χ1v) is 6.05. The Hall–Kier alpha value is -1.23. The van der Waals surface area contributed by atoms with E-state index in [0.717, 1.165) is 31.3 Å². The van der Waals surface area contributed by atoms with Crippen LogP contribution in [0, 0.1) is 6.92 Å². The lowest BCUT2D eigenvalue weighted by atomic mass is 10.1. The first-order valence-electron chi connectivity index (χ1n) is 6.05. The maximum Gasteiger partial charge on any atom is 0.416 e. The molecule has 1 aromatic carbocycles. The van der Waals surface area contributed by atoms with Crippen LogP contribution >= 0.6 is 0 Å². The number of hydrogen-bond donors (Lipinski definition) is 1. The average molecular weight is 258 g/mol. The summed E-state index contributed by atoms with van der Waals surface area (Å²) in [6, 6.07) is 4.16. The van der Waals surface area contributed by atoms with E-state index in [1.54, 1.807) is 6.07 Å². The van der Waals surface area contributed by atoms with Gasteiger partial charge in [-0.3, -0.25) is 0 Å². The quantitative estimate of drug-likeness (QED) is 0.833. The van der Waals surface area contributed by atoms with Crippen LogP contribution in [0.25, 0.3) is 0 Å². The molecule has 2 nitrogen and oxygen atoms in total. The molecule has 0 bridgehead atoms. The number of piperazine rings is 1. The number of nitrogens with one attached hydrogen (secondary N) is 1. The third-order valence-electron chi connectivity index (χ3n) is 3.35. The molecule has 0 aromatic heterocycles. The van der Waals surface area contributed by atoms with Crippen LogP contribution in [0.3, 0.4) is 0 Å². The number of anilines is 1. The minimum atomic E-state index is -4.28. The van der Waals surface area contributed by atoms with Crippen molar-refractivity contribution < 1.29 is 13.2 Å². The summed E-state index contributed by atoms with van der Waals surface area (Å²) < 4.78 is 38.2. The molecule has 0 spiro atoms. The van der Waals surface area contributed by atoms with Crippen molar-refractivity contribution in [3.05, 3.63) is 29.3 Å². The lowest BCUT2D eigenvalue weighted by Gasteiger charge is -2.37. The van der Waals surface area contributed by atoms with E-state index in [1.165, 1.54) is 6.07 Å². The van der Waals surface area contributed by atoms with E-state index in [0.29, 0.717) is 5.69 Å². The van der Waals surface area contributed by atoms with Crippen LogP contribution in [0.4, 0.5) is 18.9 Å². The number of benzene rings is 1. The minimum Gasteiger partial charge on any atom is -0.366 e. The van der Waals surface area contributed by atoms with E-state index in [4.69, 9.17) is 0 Å². The van der Waals surface area contributed by atoms with Gasteiger partial charge in [0.05, 0.1) is 5.56 Å². The number of alkyl halides is 3. The second kappa shape index (κ2) is 4.80. The third kappa shape index (κ3) is 2.61. The molecule has 18 heavy (non-hydrogen) atoms. The second-order valence-electron chi connectivity index (χ2n) is 4.75. The molecular weight excluding hydrogens is 241 g/mol. The predicted molar refractivity (Wildman–Crippen MR) is 65.9 cm³/mol. The van der Waals surface area contributed by atoms with Crippen LogP contribution in [-0.4, -0.2) is 25.7 Å². The zero-order valence-corrected chi connectivity index (χ0v) is 10.5. The summed E-state index contributed by atoms with van der Waals surface area (Å²) in [6.45, 7) is 6.22. The molecule has 1 aliphatic rings. The van der Waals surface area contributed by atoms with Crippen molar-refractivity contribution in [2.75, 3.05) is 24.5 Å². The van der Waals surface area contributed by atoms with Gasteiger partial charge in [-0.05, 0) is 31.5 Å². The Kier molecular flexibility index (Phi) is 3.52. The maximum atomic E-state index is 12.7. The Bertz CT molecular complexity index is 429. The largest absolute Gasteiger partial charge is 0.416 e. The Morgan fingerprint density at radius 3 is 2.67 bits per heavy atom. The molecule has 0 amide bonds. The molecule has 0 saturated carbocycles. The van der Waals surface area contributed by atoms with Crippen LogP contribution in [0.1, 0.15) is 18.1 Å². The molecule has 1 aromatic rings. The number of nitrogens with zero attached hydrogens (tertiary/aromatic N) is 1. The molecule has 2 rings (SSSR count). The molecular formula is C13H17F3N2. The van der Waals surface area contributed by atoms with Crippen molar-refractivity contribution >= 4 is 5.69 Å². The Labute approximate surface area is 105 Å². The monoisotopic (exact) mass is 258 g/mol. The number of hydrogen-bond acceptors (Lipinski definition) is 2. The average Bonchev–Trinajstić information content (AvgIpc) is 2.29. The normalized spacial score (nSPS) is 21.2. The standard InChI is InChI=1S/C13H17F3N2/c1-9-3-4-11(13(14,15)16)7-12(9)18-6-5-17-8-10(18)2/h3-4,7,10,17H,5-6,8H2,1-2H3. The third-order valence-corrected chi connectivity index (χ3v) is 3.35. The topological polar surface area (TPSA) is 15.3 Å². The van der Waals surface area contributed by atoms with Gasteiger partial charge in [0.15, 0.2) is 0 Å². The number of rotatable bonds is 1. The van der Waals surface area contributed by atoms with Gasteiger partial charge in [-0.2, -0.15) is 13.2 Å². The minimum absolute atomic E-state index is 0.209. The highest BCUT2D eigenvalue weighted by Gasteiger charge is 2.32. The zero-order chi connectivity index (χ0) is 13.3. The van der Waals surface area contributed by atoms with Gasteiger partial charge in [0, 0.05) is 31.4 Å². The van der Waals surface area contributed by atoms with Crippen LogP contribution < -0.4 is 10.2 Å². The van der Waals surface area contributed by atoms with E-state index < -0.39 is 11.7 Å². The fraction of sp³-hybridized carbons (Fsp3) is 0.538. The maximum absolute atomic E-state index is 12.7. The second-order valence-corrected chi connectivity index (χ2v) is 4.75. The Morgan fingerprint density at radius 2 is 2.06 bits per heavy atom. The lowest BCUT2D eigenvalue weighted by molar-refractivity contribution is -0.137. The Balaban J connectivity index is 2.37. The fourth-order valence-corrected chi connectivity index (χ4v) is 2.29. The van der Waals surface area contributed by atoms with Crippen molar-refractivity contribution in [2.24, 2.45) is 0 Å². The highest BCUT2D eigenvalue weighted by atomic mass is 19.4. The van der Waals surface area contributed by atoms with E-state index in [-0.39, 0.29) is 6.04 Å². The molecule has 5 heteroatoms. The zero-order valence-electron chi connectivity index (χ0n) is 10.5. The summed E-state index contributed by atoms with van der Waals surface area (Å²) >= 11 is 0. The van der Waals surface area contributed by atoms with Crippen molar-refractivity contribution in [3.8, 4) is 0 Å². The molecule has 0 radical (unpaired) electrons. The van der Waals surface area contributed by atoms with Gasteiger partial charge >= 0.3 is 6.18 Å². The number of halogens is 3. The van der Waals surface area contributed by atoms with E-state index in [2.05, 4.69) is 5.32 Å². The van der Waals surface area contributed by atoms with E-state index >= 15 is 0 Å². The molecule has 1 unspecified atom stereocenters. The summed E-state index contributed by atoms with van der Waals surface area (Å²) in [5.74, 6) is 0. The first-order chi connectivity index (χ1) is 8.39. The van der Waals surface area contributed by atoms with Crippen LogP contribution in [0.15, 0.2) is 18.2 Å². The molecule has 100 valence electrons. The van der Waals surface area contributed by atoms with Crippen molar-refractivity contribution in [1.82, 2.24) is 5.32 Å². The summed E-state index contributed by atoms with van der Waals surface area (Å²) in [5, 5.41) is 3.23.